The largest absolute Gasteiger partial charge is 0.490 e. The first kappa shape index (κ1) is 23.0. The summed E-state index contributed by atoms with van der Waals surface area (Å²) in [5.41, 5.74) is 0.432. The quantitative estimate of drug-likeness (QED) is 0.520. The van der Waals surface area contributed by atoms with Crippen LogP contribution in [0, 0.1) is 5.82 Å². The summed E-state index contributed by atoms with van der Waals surface area (Å²) in [4.78, 5) is 0.0108. The number of nitrogens with one attached hydrogen (secondary N) is 1. The van der Waals surface area contributed by atoms with Gasteiger partial charge in [0.05, 0.1) is 23.7 Å². The van der Waals surface area contributed by atoms with Gasteiger partial charge in [-0.3, -0.25) is 4.72 Å². The Labute approximate surface area is 192 Å². The lowest BCUT2D eigenvalue weighted by Gasteiger charge is -2.14. The van der Waals surface area contributed by atoms with Crippen LogP contribution in [0.5, 0.6) is 11.5 Å². The van der Waals surface area contributed by atoms with Crippen molar-refractivity contribution in [1.29, 1.82) is 0 Å². The zero-order valence-electron chi connectivity index (χ0n) is 18.7. The van der Waals surface area contributed by atoms with E-state index >= 15 is 0 Å². The predicted molar refractivity (Wildman–Crippen MR) is 123 cm³/mol. The molecule has 33 heavy (non-hydrogen) atoms. The van der Waals surface area contributed by atoms with E-state index in [0.717, 1.165) is 31.5 Å². The van der Waals surface area contributed by atoms with E-state index in [9.17, 15) is 12.8 Å². The molecule has 0 saturated heterocycles. The Balaban J connectivity index is 1.65. The topological polar surface area (TPSA) is 95.3 Å². The van der Waals surface area contributed by atoms with Crippen LogP contribution in [0.4, 0.5) is 10.1 Å². The van der Waals surface area contributed by atoms with Gasteiger partial charge in [0.1, 0.15) is 11.6 Å². The molecule has 0 amide bonds. The second-order valence-corrected chi connectivity index (χ2v) is 9.36. The van der Waals surface area contributed by atoms with Crippen LogP contribution in [0.3, 0.4) is 0 Å². The highest BCUT2D eigenvalue weighted by Gasteiger charge is 2.21. The lowest BCUT2D eigenvalue weighted by Crippen LogP contribution is -2.14. The highest BCUT2D eigenvalue weighted by atomic mass is 32.2. The first-order valence-corrected chi connectivity index (χ1v) is 12.6. The van der Waals surface area contributed by atoms with Gasteiger partial charge in [0.25, 0.3) is 10.0 Å². The number of hydrogen-bond donors (Lipinski definition) is 1. The normalized spacial score (nSPS) is 13.8. The van der Waals surface area contributed by atoms with E-state index in [0.29, 0.717) is 37.1 Å². The molecule has 0 aliphatic carbocycles. The summed E-state index contributed by atoms with van der Waals surface area (Å²) in [6.45, 7) is 5.14. The van der Waals surface area contributed by atoms with Gasteiger partial charge in [0.15, 0.2) is 17.3 Å². The molecule has 0 bridgehead atoms. The monoisotopic (exact) mass is 474 g/mol. The number of aryl methyl sites for hydroxylation is 1. The summed E-state index contributed by atoms with van der Waals surface area (Å²) >= 11 is 0. The summed E-state index contributed by atoms with van der Waals surface area (Å²) in [5.74, 6) is 1.55. The van der Waals surface area contributed by atoms with Crippen molar-refractivity contribution in [2.45, 2.75) is 51.0 Å². The van der Waals surface area contributed by atoms with Gasteiger partial charge in [-0.25, -0.2) is 12.8 Å². The second-order valence-electron chi connectivity index (χ2n) is 7.68. The summed E-state index contributed by atoms with van der Waals surface area (Å²) in [7, 11) is -3.96. The summed E-state index contributed by atoms with van der Waals surface area (Å²) in [6, 6.07) is 8.49. The molecule has 0 radical (unpaired) electrons. The van der Waals surface area contributed by atoms with Gasteiger partial charge >= 0.3 is 0 Å². The van der Waals surface area contributed by atoms with E-state index in [1.54, 1.807) is 13.0 Å². The van der Waals surface area contributed by atoms with Crippen LogP contribution in [-0.4, -0.2) is 36.4 Å². The lowest BCUT2D eigenvalue weighted by molar-refractivity contribution is 0.287. The number of anilines is 1. The van der Waals surface area contributed by atoms with E-state index in [2.05, 4.69) is 14.9 Å². The van der Waals surface area contributed by atoms with Gasteiger partial charge in [-0.2, -0.15) is 0 Å². The van der Waals surface area contributed by atoms with Gasteiger partial charge in [0.2, 0.25) is 0 Å². The highest BCUT2D eigenvalue weighted by molar-refractivity contribution is 7.92. The van der Waals surface area contributed by atoms with Crippen LogP contribution in [-0.2, 0) is 23.0 Å². The highest BCUT2D eigenvalue weighted by Crippen LogP contribution is 2.32. The molecule has 1 N–H and O–H groups in total. The molecule has 0 unspecified atom stereocenters. The van der Waals surface area contributed by atoms with Gasteiger partial charge in [0, 0.05) is 24.7 Å². The third kappa shape index (κ3) is 4.95. The minimum absolute atomic E-state index is 0.0108. The number of ether oxygens (including phenoxy) is 2. The van der Waals surface area contributed by atoms with E-state index in [1.807, 2.05) is 11.5 Å². The fraction of sp³-hybridized carbons (Fsp3) is 0.391. The zero-order valence-corrected chi connectivity index (χ0v) is 19.5. The first-order chi connectivity index (χ1) is 15.9. The number of rotatable bonds is 8. The summed E-state index contributed by atoms with van der Waals surface area (Å²) in [6.07, 6.45) is 3.86. The molecule has 0 spiro atoms. The molecule has 1 aliphatic rings. The van der Waals surface area contributed by atoms with Crippen molar-refractivity contribution in [2.75, 3.05) is 17.9 Å². The molecule has 0 atom stereocenters. The molecule has 1 aliphatic heterocycles. The van der Waals surface area contributed by atoms with E-state index < -0.39 is 15.8 Å². The molecule has 10 heteroatoms. The average molecular weight is 475 g/mol. The van der Waals surface area contributed by atoms with E-state index in [1.165, 1.54) is 30.3 Å². The number of halogens is 1. The number of aromatic nitrogens is 3. The number of hydrogen-bond acceptors (Lipinski definition) is 6. The molecule has 3 aromatic rings. The van der Waals surface area contributed by atoms with Crippen molar-refractivity contribution in [3.05, 3.63) is 48.0 Å². The second kappa shape index (κ2) is 9.78. The SMILES string of the molecule is CCOc1ccc(S(=O)(=O)Nc2ccc(F)c(-c3nnc4n3CCCCC4)c2)cc1OCC. The lowest BCUT2D eigenvalue weighted by atomic mass is 10.1. The van der Waals surface area contributed by atoms with Crippen LogP contribution >= 0.6 is 0 Å². The Morgan fingerprint density at radius 3 is 2.58 bits per heavy atom. The smallest absolute Gasteiger partial charge is 0.262 e. The molecular formula is C23H27FN4O4S. The molecule has 2 aromatic carbocycles. The predicted octanol–water partition coefficient (Wildman–Crippen LogP) is 4.41. The average Bonchev–Trinajstić information content (AvgIpc) is 3.04. The van der Waals surface area contributed by atoms with Crippen molar-refractivity contribution in [2.24, 2.45) is 0 Å². The van der Waals surface area contributed by atoms with Crippen molar-refractivity contribution < 1.29 is 22.3 Å². The minimum atomic E-state index is -3.96. The number of benzene rings is 2. The van der Waals surface area contributed by atoms with Crippen molar-refractivity contribution in [3.63, 3.8) is 0 Å². The van der Waals surface area contributed by atoms with Crippen LogP contribution in [0.1, 0.15) is 38.9 Å². The van der Waals surface area contributed by atoms with Crippen LogP contribution in [0.2, 0.25) is 0 Å². The Morgan fingerprint density at radius 1 is 1.00 bits per heavy atom. The Bertz CT molecular complexity index is 1240. The minimum Gasteiger partial charge on any atom is -0.490 e. The molecule has 0 fully saturated rings. The van der Waals surface area contributed by atoms with Gasteiger partial charge in [-0.05, 0) is 57.0 Å². The summed E-state index contributed by atoms with van der Waals surface area (Å²) in [5, 5.41) is 8.41. The van der Waals surface area contributed by atoms with E-state index in [4.69, 9.17) is 9.47 Å². The summed E-state index contributed by atoms with van der Waals surface area (Å²) < 4.78 is 56.3. The van der Waals surface area contributed by atoms with Gasteiger partial charge in [-0.15, -0.1) is 10.2 Å². The number of fused-ring (bicyclic) bond motifs is 1. The standard InChI is InChI=1S/C23H27FN4O4S/c1-3-31-20-12-10-17(15-21(20)32-4-2)33(29,30)27-16-9-11-19(24)18(14-16)23-26-25-22-8-6-5-7-13-28(22)23/h9-12,14-15,27H,3-8,13H2,1-2H3. The van der Waals surface area contributed by atoms with Crippen molar-refractivity contribution in [3.8, 4) is 22.9 Å². The first-order valence-electron chi connectivity index (χ1n) is 11.1. The van der Waals surface area contributed by atoms with Crippen molar-refractivity contribution in [1.82, 2.24) is 14.8 Å². The van der Waals surface area contributed by atoms with Gasteiger partial charge < -0.3 is 14.0 Å². The molecule has 1 aromatic heterocycles. The van der Waals surface area contributed by atoms with Gasteiger partial charge in [-0.1, -0.05) is 6.42 Å². The fourth-order valence-electron chi connectivity index (χ4n) is 3.86. The molecule has 4 rings (SSSR count). The maximum Gasteiger partial charge on any atom is 0.262 e. The van der Waals surface area contributed by atoms with Crippen molar-refractivity contribution >= 4 is 15.7 Å². The van der Waals surface area contributed by atoms with Crippen LogP contribution in [0.25, 0.3) is 11.4 Å². The van der Waals surface area contributed by atoms with Crippen LogP contribution in [0.15, 0.2) is 41.3 Å². The molecule has 8 nitrogen and oxygen atoms in total. The third-order valence-electron chi connectivity index (χ3n) is 5.39. The molecule has 2 heterocycles. The molecule has 0 saturated carbocycles. The maximum atomic E-state index is 14.7. The Hall–Kier alpha value is -3.14. The maximum absolute atomic E-state index is 14.7. The van der Waals surface area contributed by atoms with Crippen LogP contribution < -0.4 is 14.2 Å². The Morgan fingerprint density at radius 2 is 1.79 bits per heavy atom. The fourth-order valence-corrected chi connectivity index (χ4v) is 4.92. The number of nitrogens with zero attached hydrogens (tertiary/aromatic N) is 3. The van der Waals surface area contributed by atoms with E-state index in [-0.39, 0.29) is 16.1 Å². The molecule has 176 valence electrons. The zero-order chi connectivity index (χ0) is 23.4. The number of sulfonamides is 1. The molecular weight excluding hydrogens is 447 g/mol. The third-order valence-corrected chi connectivity index (χ3v) is 6.77. The Kier molecular flexibility index (Phi) is 6.83.